The number of anilines is 3. The Morgan fingerprint density at radius 3 is 2.47 bits per heavy atom. The van der Waals surface area contributed by atoms with Crippen LogP contribution in [0.2, 0.25) is 10.0 Å². The zero-order valence-electron chi connectivity index (χ0n) is 19.0. The molecule has 0 spiro atoms. The van der Waals surface area contributed by atoms with Crippen LogP contribution < -0.4 is 16.0 Å². The van der Waals surface area contributed by atoms with Crippen molar-refractivity contribution in [1.82, 2.24) is 30.2 Å². The second-order valence-electron chi connectivity index (χ2n) is 7.50. The topological polar surface area (TPSA) is 135 Å². The van der Waals surface area contributed by atoms with Gasteiger partial charge >= 0.3 is 6.18 Å². The van der Waals surface area contributed by atoms with Crippen molar-refractivity contribution in [3.8, 4) is 0 Å². The van der Waals surface area contributed by atoms with Crippen LogP contribution in [0.25, 0.3) is 0 Å². The van der Waals surface area contributed by atoms with Crippen molar-refractivity contribution in [3.05, 3.63) is 80.5 Å². The van der Waals surface area contributed by atoms with Gasteiger partial charge < -0.3 is 16.0 Å². The number of thiazole rings is 1. The maximum Gasteiger partial charge on any atom is 0.418 e. The maximum absolute atomic E-state index is 13.1. The van der Waals surface area contributed by atoms with Gasteiger partial charge in [0.05, 0.1) is 22.8 Å². The number of carbonyl (C=O) groups is 2. The van der Waals surface area contributed by atoms with E-state index < -0.39 is 34.6 Å². The van der Waals surface area contributed by atoms with E-state index in [9.17, 15) is 22.8 Å². The number of rotatable bonds is 7. The summed E-state index contributed by atoms with van der Waals surface area (Å²) < 4.78 is 39.2. The summed E-state index contributed by atoms with van der Waals surface area (Å²) >= 11 is 12.8. The molecule has 0 bridgehead atoms. The Kier molecular flexibility index (Phi) is 8.04. The van der Waals surface area contributed by atoms with E-state index in [0.29, 0.717) is 16.8 Å². The smallest absolute Gasteiger partial charge is 0.342 e. The van der Waals surface area contributed by atoms with Crippen LogP contribution in [-0.4, -0.2) is 36.7 Å². The van der Waals surface area contributed by atoms with E-state index in [1.165, 1.54) is 12.5 Å². The fraction of sp³-hybridized carbons (Fsp3) is 0.136. The van der Waals surface area contributed by atoms with Crippen LogP contribution in [0, 0.1) is 0 Å². The van der Waals surface area contributed by atoms with Crippen LogP contribution >= 0.6 is 34.5 Å². The molecule has 0 unspecified atom stereocenters. The van der Waals surface area contributed by atoms with Crippen LogP contribution in [0.5, 0.6) is 0 Å². The van der Waals surface area contributed by atoms with Gasteiger partial charge in [0, 0.05) is 24.3 Å². The molecule has 0 fully saturated rings. The molecule has 4 rings (SSSR count). The van der Waals surface area contributed by atoms with Crippen molar-refractivity contribution in [2.45, 2.75) is 19.1 Å². The molecule has 4 aromatic heterocycles. The summed E-state index contributed by atoms with van der Waals surface area (Å²) in [5.41, 5.74) is -0.570. The van der Waals surface area contributed by atoms with Crippen molar-refractivity contribution in [3.63, 3.8) is 0 Å². The van der Waals surface area contributed by atoms with Gasteiger partial charge in [-0.15, -0.1) is 11.3 Å². The van der Waals surface area contributed by atoms with Gasteiger partial charge in [0.1, 0.15) is 27.1 Å². The van der Waals surface area contributed by atoms with Crippen LogP contribution in [-0.2, 0) is 6.18 Å². The van der Waals surface area contributed by atoms with Crippen molar-refractivity contribution < 1.29 is 22.8 Å². The zero-order chi connectivity index (χ0) is 27.4. The number of halogens is 5. The Bertz CT molecular complexity index is 1490. The third kappa shape index (κ3) is 6.33. The third-order valence-electron chi connectivity index (χ3n) is 4.82. The number of carbonyl (C=O) groups excluding carboxylic acids is 2. The number of hydrogen-bond donors (Lipinski definition) is 3. The van der Waals surface area contributed by atoms with Crippen LogP contribution in [0.15, 0.2) is 49.3 Å². The van der Waals surface area contributed by atoms with Gasteiger partial charge in [-0.1, -0.05) is 23.2 Å². The van der Waals surface area contributed by atoms with Crippen LogP contribution in [0.3, 0.4) is 0 Å². The maximum atomic E-state index is 13.1. The standard InChI is InChI=1S/C22H15Cl2F3N8O2S/c1-10(33-20(37)17-16(24)18(32-9-31-17)34-11-2-4-28-5-3-11)21-30-8-14(38-21)19(36)35-15-6-12(22(25,26)27)13(23)7-29-15/h2-10H,1H3,(H,33,37)(H,29,35,36)(H,28,31,32,34)/t10-/m1/s1. The van der Waals surface area contributed by atoms with E-state index in [0.717, 1.165) is 17.5 Å². The minimum atomic E-state index is -4.72. The molecule has 0 saturated carbocycles. The van der Waals surface area contributed by atoms with Gasteiger partial charge in [-0.25, -0.2) is 19.9 Å². The SMILES string of the molecule is C[C@@H](NC(=O)c1ncnc(Nc2ccncc2)c1Cl)c1ncc(C(=O)Nc2cc(C(F)(F)F)c(Cl)cn2)s1. The van der Waals surface area contributed by atoms with Gasteiger partial charge in [-0.3, -0.25) is 14.6 Å². The zero-order valence-corrected chi connectivity index (χ0v) is 21.4. The van der Waals surface area contributed by atoms with Crippen molar-refractivity contribution in [2.75, 3.05) is 10.6 Å². The molecule has 0 radical (unpaired) electrons. The molecule has 16 heteroatoms. The van der Waals surface area contributed by atoms with Crippen molar-refractivity contribution in [1.29, 1.82) is 0 Å². The molecule has 10 nitrogen and oxygen atoms in total. The fourth-order valence-electron chi connectivity index (χ4n) is 3.01. The van der Waals surface area contributed by atoms with Gasteiger partial charge in [-0.05, 0) is 25.1 Å². The Balaban J connectivity index is 1.43. The van der Waals surface area contributed by atoms with Gasteiger partial charge in [0.15, 0.2) is 11.5 Å². The largest absolute Gasteiger partial charge is 0.418 e. The quantitative estimate of drug-likeness (QED) is 0.258. The first-order valence-electron chi connectivity index (χ1n) is 10.5. The number of nitrogens with one attached hydrogen (secondary N) is 3. The molecule has 2 amide bonds. The molecule has 38 heavy (non-hydrogen) atoms. The summed E-state index contributed by atoms with van der Waals surface area (Å²) in [7, 11) is 0. The average molecular weight is 583 g/mol. The van der Waals surface area contributed by atoms with Gasteiger partial charge in [0.2, 0.25) is 0 Å². The summed E-state index contributed by atoms with van der Waals surface area (Å²) in [6.07, 6.45) is 1.63. The number of nitrogens with zero attached hydrogens (tertiary/aromatic N) is 5. The molecule has 0 saturated heterocycles. The lowest BCUT2D eigenvalue weighted by Crippen LogP contribution is -2.28. The number of alkyl halides is 3. The Hall–Kier alpha value is -3.88. The van der Waals surface area contributed by atoms with E-state index in [4.69, 9.17) is 23.2 Å². The average Bonchev–Trinajstić information content (AvgIpc) is 3.37. The van der Waals surface area contributed by atoms with E-state index in [2.05, 4.69) is 40.9 Å². The molecule has 4 aromatic rings. The summed E-state index contributed by atoms with van der Waals surface area (Å²) in [5, 5.41) is 7.68. The molecule has 1 atom stereocenters. The van der Waals surface area contributed by atoms with Crippen molar-refractivity contribution >= 4 is 63.7 Å². The lowest BCUT2D eigenvalue weighted by Gasteiger charge is -2.13. The highest BCUT2D eigenvalue weighted by molar-refractivity contribution is 7.13. The minimum absolute atomic E-state index is 0.0121. The molecule has 4 heterocycles. The minimum Gasteiger partial charge on any atom is -0.342 e. The molecular weight excluding hydrogens is 568 g/mol. The number of amides is 2. The van der Waals surface area contributed by atoms with Gasteiger partial charge in [0.25, 0.3) is 11.8 Å². The first-order valence-corrected chi connectivity index (χ1v) is 12.1. The number of pyridine rings is 2. The molecule has 0 aliphatic heterocycles. The van der Waals surface area contributed by atoms with Crippen molar-refractivity contribution in [2.24, 2.45) is 0 Å². The summed E-state index contributed by atoms with van der Waals surface area (Å²) in [4.78, 5) is 45.2. The number of aromatic nitrogens is 5. The van der Waals surface area contributed by atoms with Gasteiger partial charge in [-0.2, -0.15) is 13.2 Å². The lowest BCUT2D eigenvalue weighted by atomic mass is 10.2. The van der Waals surface area contributed by atoms with E-state index >= 15 is 0 Å². The lowest BCUT2D eigenvalue weighted by molar-refractivity contribution is -0.137. The predicted octanol–water partition coefficient (Wildman–Crippen LogP) is 5.54. The Morgan fingerprint density at radius 1 is 1.03 bits per heavy atom. The fourth-order valence-corrected chi connectivity index (χ4v) is 4.27. The highest BCUT2D eigenvalue weighted by atomic mass is 35.5. The second-order valence-corrected chi connectivity index (χ2v) is 9.35. The van der Waals surface area contributed by atoms with Crippen LogP contribution in [0.1, 0.15) is 43.7 Å². The molecule has 0 aromatic carbocycles. The molecule has 3 N–H and O–H groups in total. The molecule has 0 aliphatic rings. The van der Waals surface area contributed by atoms with E-state index in [-0.39, 0.29) is 27.2 Å². The molecule has 0 aliphatic carbocycles. The summed E-state index contributed by atoms with van der Waals surface area (Å²) in [6.45, 7) is 1.63. The highest BCUT2D eigenvalue weighted by Crippen LogP contribution is 2.35. The normalized spacial score (nSPS) is 12.1. The third-order valence-corrected chi connectivity index (χ3v) is 6.65. The Labute approximate surface area is 226 Å². The molecule has 196 valence electrons. The van der Waals surface area contributed by atoms with Crippen LogP contribution in [0.4, 0.5) is 30.5 Å². The van der Waals surface area contributed by atoms with E-state index in [1.807, 2.05) is 0 Å². The molecular formula is C22H15Cl2F3N8O2S. The highest BCUT2D eigenvalue weighted by Gasteiger charge is 2.34. The summed E-state index contributed by atoms with van der Waals surface area (Å²) in [6, 6.07) is 3.35. The monoisotopic (exact) mass is 582 g/mol. The predicted molar refractivity (Wildman–Crippen MR) is 135 cm³/mol. The first-order chi connectivity index (χ1) is 18.0. The summed E-state index contributed by atoms with van der Waals surface area (Å²) in [5.74, 6) is -1.48. The first kappa shape index (κ1) is 27.2. The second kappa shape index (κ2) is 11.2. The van der Waals surface area contributed by atoms with E-state index in [1.54, 1.807) is 31.5 Å². The number of hydrogen-bond acceptors (Lipinski definition) is 9. The Morgan fingerprint density at radius 2 is 1.76 bits per heavy atom.